The summed E-state index contributed by atoms with van der Waals surface area (Å²) in [5, 5.41) is 8.81. The minimum absolute atomic E-state index is 0.0314. The maximum absolute atomic E-state index is 13.5. The molecular weight excluding hydrogens is 207 g/mol. The van der Waals surface area contributed by atoms with Gasteiger partial charge < -0.3 is 10.1 Å². The lowest BCUT2D eigenvalue weighted by molar-refractivity contribution is 0.297. The van der Waals surface area contributed by atoms with Crippen LogP contribution in [0.15, 0.2) is 24.3 Å². The van der Waals surface area contributed by atoms with E-state index in [1.807, 2.05) is 6.92 Å². The van der Waals surface area contributed by atoms with Crippen molar-refractivity contribution in [3.63, 3.8) is 0 Å². The third kappa shape index (κ3) is 1.97. The monoisotopic (exact) mass is 220 g/mol. The predicted molar refractivity (Wildman–Crippen MR) is 59.5 cm³/mol. The standard InChI is InChI=1S/C12H13FN2O/c1-8-12(15-11(14-8)6-7-16)9-4-2-3-5-10(9)13/h2-5,16H,6-7H2,1H3,(H,14,15). The van der Waals surface area contributed by atoms with Crippen LogP contribution in [0.25, 0.3) is 11.3 Å². The highest BCUT2D eigenvalue weighted by Gasteiger charge is 2.11. The lowest BCUT2D eigenvalue weighted by atomic mass is 10.1. The third-order valence-electron chi connectivity index (χ3n) is 2.41. The van der Waals surface area contributed by atoms with Gasteiger partial charge in [0.2, 0.25) is 0 Å². The smallest absolute Gasteiger partial charge is 0.132 e. The molecule has 16 heavy (non-hydrogen) atoms. The van der Waals surface area contributed by atoms with Crippen LogP contribution in [0.5, 0.6) is 0 Å². The van der Waals surface area contributed by atoms with Crippen molar-refractivity contribution in [2.24, 2.45) is 0 Å². The molecule has 2 aromatic rings. The first kappa shape index (κ1) is 10.8. The summed E-state index contributed by atoms with van der Waals surface area (Å²) in [4.78, 5) is 7.31. The molecule has 0 aliphatic rings. The second-order valence-electron chi connectivity index (χ2n) is 3.61. The largest absolute Gasteiger partial charge is 0.396 e. The van der Waals surface area contributed by atoms with E-state index in [2.05, 4.69) is 9.97 Å². The zero-order valence-electron chi connectivity index (χ0n) is 9.00. The van der Waals surface area contributed by atoms with Crippen LogP contribution in [0.2, 0.25) is 0 Å². The Balaban J connectivity index is 2.44. The van der Waals surface area contributed by atoms with E-state index in [1.165, 1.54) is 6.07 Å². The Morgan fingerprint density at radius 3 is 2.81 bits per heavy atom. The van der Waals surface area contributed by atoms with E-state index in [4.69, 9.17) is 5.11 Å². The van der Waals surface area contributed by atoms with Crippen LogP contribution < -0.4 is 0 Å². The Hall–Kier alpha value is -1.68. The van der Waals surface area contributed by atoms with E-state index >= 15 is 0 Å². The van der Waals surface area contributed by atoms with Crippen molar-refractivity contribution in [3.05, 3.63) is 41.6 Å². The highest BCUT2D eigenvalue weighted by Crippen LogP contribution is 2.23. The van der Waals surface area contributed by atoms with Crippen molar-refractivity contribution in [1.29, 1.82) is 0 Å². The summed E-state index contributed by atoms with van der Waals surface area (Å²) in [5.74, 6) is 0.394. The van der Waals surface area contributed by atoms with E-state index in [0.717, 1.165) is 5.69 Å². The Bertz CT molecular complexity index is 494. The van der Waals surface area contributed by atoms with Gasteiger partial charge in [-0.3, -0.25) is 0 Å². The molecular formula is C12H13FN2O. The molecule has 0 bridgehead atoms. The molecule has 1 heterocycles. The summed E-state index contributed by atoms with van der Waals surface area (Å²) in [7, 11) is 0. The molecule has 0 saturated heterocycles. The molecule has 2 N–H and O–H groups in total. The predicted octanol–water partition coefficient (Wildman–Crippen LogP) is 2.06. The molecule has 0 fully saturated rings. The molecule has 0 atom stereocenters. The van der Waals surface area contributed by atoms with Gasteiger partial charge in [0.05, 0.1) is 12.3 Å². The molecule has 0 saturated carbocycles. The number of nitrogens with one attached hydrogen (secondary N) is 1. The lowest BCUT2D eigenvalue weighted by Gasteiger charge is -1.99. The van der Waals surface area contributed by atoms with Gasteiger partial charge in [-0.25, -0.2) is 9.37 Å². The van der Waals surface area contributed by atoms with Crippen LogP contribution in [-0.2, 0) is 6.42 Å². The van der Waals surface area contributed by atoms with Crippen LogP contribution in [0.1, 0.15) is 11.5 Å². The SMILES string of the molecule is Cc1[nH]c(CCO)nc1-c1ccccc1F. The second kappa shape index (κ2) is 4.45. The molecule has 3 nitrogen and oxygen atoms in total. The van der Waals surface area contributed by atoms with Crippen molar-refractivity contribution >= 4 is 0 Å². The molecule has 1 aromatic heterocycles. The maximum Gasteiger partial charge on any atom is 0.132 e. The molecule has 0 spiro atoms. The van der Waals surface area contributed by atoms with E-state index in [9.17, 15) is 4.39 Å². The van der Waals surface area contributed by atoms with Gasteiger partial charge in [0.25, 0.3) is 0 Å². The Morgan fingerprint density at radius 2 is 2.12 bits per heavy atom. The van der Waals surface area contributed by atoms with Gasteiger partial charge in [0.1, 0.15) is 11.6 Å². The van der Waals surface area contributed by atoms with Crippen molar-refractivity contribution in [1.82, 2.24) is 9.97 Å². The average Bonchev–Trinajstić information content (AvgIpc) is 2.61. The van der Waals surface area contributed by atoms with E-state index in [0.29, 0.717) is 23.5 Å². The first-order chi connectivity index (χ1) is 7.72. The van der Waals surface area contributed by atoms with Crippen molar-refractivity contribution < 1.29 is 9.50 Å². The van der Waals surface area contributed by atoms with Gasteiger partial charge in [0.15, 0.2) is 0 Å². The number of rotatable bonds is 3. The summed E-state index contributed by atoms with van der Waals surface area (Å²) in [5.41, 5.74) is 1.91. The number of aromatic nitrogens is 2. The number of aliphatic hydroxyl groups excluding tert-OH is 1. The number of benzene rings is 1. The van der Waals surface area contributed by atoms with Crippen LogP contribution in [-0.4, -0.2) is 21.7 Å². The number of nitrogens with zero attached hydrogens (tertiary/aromatic N) is 1. The van der Waals surface area contributed by atoms with Gasteiger partial charge in [0, 0.05) is 17.7 Å². The van der Waals surface area contributed by atoms with Crippen molar-refractivity contribution in [2.45, 2.75) is 13.3 Å². The zero-order valence-corrected chi connectivity index (χ0v) is 9.00. The lowest BCUT2D eigenvalue weighted by Crippen LogP contribution is -1.92. The molecule has 0 aliphatic carbocycles. The summed E-state index contributed by atoms with van der Waals surface area (Å²) < 4.78 is 13.5. The van der Waals surface area contributed by atoms with Gasteiger partial charge in [-0.15, -0.1) is 0 Å². The highest BCUT2D eigenvalue weighted by molar-refractivity contribution is 5.62. The summed E-state index contributed by atoms with van der Waals surface area (Å²) >= 11 is 0. The van der Waals surface area contributed by atoms with Gasteiger partial charge >= 0.3 is 0 Å². The number of aliphatic hydroxyl groups is 1. The summed E-state index contributed by atoms with van der Waals surface area (Å²) in [6, 6.07) is 6.53. The number of hydrogen-bond acceptors (Lipinski definition) is 2. The fourth-order valence-electron chi connectivity index (χ4n) is 1.66. The molecule has 84 valence electrons. The average molecular weight is 220 g/mol. The zero-order chi connectivity index (χ0) is 11.5. The normalized spacial score (nSPS) is 10.7. The number of H-pyrrole nitrogens is 1. The number of hydrogen-bond donors (Lipinski definition) is 2. The highest BCUT2D eigenvalue weighted by atomic mass is 19.1. The van der Waals surface area contributed by atoms with E-state index in [-0.39, 0.29) is 12.4 Å². The quantitative estimate of drug-likeness (QED) is 0.831. The van der Waals surface area contributed by atoms with Gasteiger partial charge in [-0.1, -0.05) is 12.1 Å². The molecule has 2 rings (SSSR count). The maximum atomic E-state index is 13.5. The van der Waals surface area contributed by atoms with Crippen molar-refractivity contribution in [2.75, 3.05) is 6.61 Å². The minimum Gasteiger partial charge on any atom is -0.396 e. The van der Waals surface area contributed by atoms with E-state index in [1.54, 1.807) is 18.2 Å². The molecule has 0 unspecified atom stereocenters. The molecule has 0 aliphatic heterocycles. The van der Waals surface area contributed by atoms with Gasteiger partial charge in [-0.2, -0.15) is 0 Å². The van der Waals surface area contributed by atoms with Crippen LogP contribution in [0.4, 0.5) is 4.39 Å². The summed E-state index contributed by atoms with van der Waals surface area (Å²) in [6.07, 6.45) is 0.454. The van der Waals surface area contributed by atoms with Crippen molar-refractivity contribution in [3.8, 4) is 11.3 Å². The summed E-state index contributed by atoms with van der Waals surface area (Å²) in [6.45, 7) is 1.87. The second-order valence-corrected chi connectivity index (χ2v) is 3.61. The topological polar surface area (TPSA) is 48.9 Å². The Morgan fingerprint density at radius 1 is 1.38 bits per heavy atom. The molecule has 4 heteroatoms. The first-order valence-corrected chi connectivity index (χ1v) is 5.13. The van der Waals surface area contributed by atoms with Crippen LogP contribution in [0, 0.1) is 12.7 Å². The molecule has 0 amide bonds. The number of imidazole rings is 1. The van der Waals surface area contributed by atoms with E-state index < -0.39 is 0 Å². The number of aryl methyl sites for hydroxylation is 1. The first-order valence-electron chi connectivity index (χ1n) is 5.13. The van der Waals surface area contributed by atoms with Crippen LogP contribution in [0.3, 0.4) is 0 Å². The van der Waals surface area contributed by atoms with Gasteiger partial charge in [-0.05, 0) is 19.1 Å². The Labute approximate surface area is 93.0 Å². The molecule has 1 aromatic carbocycles. The van der Waals surface area contributed by atoms with Crippen LogP contribution >= 0.6 is 0 Å². The number of halogens is 1. The Kier molecular flexibility index (Phi) is 3.01. The fraction of sp³-hybridized carbons (Fsp3) is 0.250. The fourth-order valence-corrected chi connectivity index (χ4v) is 1.66. The minimum atomic E-state index is -0.285. The molecule has 0 radical (unpaired) electrons. The number of aromatic amines is 1. The third-order valence-corrected chi connectivity index (χ3v) is 2.41.